The maximum absolute atomic E-state index is 12.1. The Morgan fingerprint density at radius 3 is 2.68 bits per heavy atom. The van der Waals surface area contributed by atoms with Gasteiger partial charge in [-0.3, -0.25) is 9.59 Å². The van der Waals surface area contributed by atoms with Crippen LogP contribution in [0.25, 0.3) is 0 Å². The highest BCUT2D eigenvalue weighted by molar-refractivity contribution is 5.87. The number of aryl methyl sites for hydroxylation is 1. The molecule has 1 aliphatic heterocycles. The van der Waals surface area contributed by atoms with Crippen LogP contribution >= 0.6 is 0 Å². The summed E-state index contributed by atoms with van der Waals surface area (Å²) >= 11 is 0. The first-order valence-corrected chi connectivity index (χ1v) is 6.68. The largest absolute Gasteiger partial charge is 0.481 e. The lowest BCUT2D eigenvalue weighted by Gasteiger charge is -2.27. The highest BCUT2D eigenvalue weighted by Gasteiger charge is 2.49. The Morgan fingerprint density at radius 1 is 1.37 bits per heavy atom. The topological polar surface area (TPSA) is 57.6 Å². The molecule has 0 radical (unpaired) electrons. The van der Waals surface area contributed by atoms with Gasteiger partial charge in [0, 0.05) is 12.5 Å². The van der Waals surface area contributed by atoms with Crippen molar-refractivity contribution in [2.75, 3.05) is 0 Å². The summed E-state index contributed by atoms with van der Waals surface area (Å²) in [4.78, 5) is 25.3. The van der Waals surface area contributed by atoms with E-state index in [0.717, 1.165) is 24.0 Å². The molecule has 0 aromatic heterocycles. The average Bonchev–Trinajstić information content (AvgIpc) is 3.12. The van der Waals surface area contributed by atoms with Crippen molar-refractivity contribution in [3.63, 3.8) is 0 Å². The van der Waals surface area contributed by atoms with E-state index in [1.54, 1.807) is 0 Å². The summed E-state index contributed by atoms with van der Waals surface area (Å²) in [6.07, 6.45) is 2.13. The van der Waals surface area contributed by atoms with Crippen LogP contribution in [0.1, 0.15) is 36.4 Å². The summed E-state index contributed by atoms with van der Waals surface area (Å²) in [5.74, 6) is -1.50. The molecule has 100 valence electrons. The van der Waals surface area contributed by atoms with E-state index >= 15 is 0 Å². The molecule has 2 fully saturated rings. The monoisotopic (exact) mass is 259 g/mol. The minimum absolute atomic E-state index is 0.0126. The van der Waals surface area contributed by atoms with Crippen molar-refractivity contribution < 1.29 is 14.7 Å². The second-order valence-electron chi connectivity index (χ2n) is 5.54. The Kier molecular flexibility index (Phi) is 2.81. The lowest BCUT2D eigenvalue weighted by molar-refractivity contribution is -0.142. The molecule has 4 heteroatoms. The zero-order chi connectivity index (χ0) is 13.6. The molecule has 1 saturated carbocycles. The van der Waals surface area contributed by atoms with Gasteiger partial charge in [0.2, 0.25) is 5.91 Å². The first-order chi connectivity index (χ1) is 9.08. The van der Waals surface area contributed by atoms with Gasteiger partial charge in [0.1, 0.15) is 0 Å². The third-order valence-corrected chi connectivity index (χ3v) is 4.00. The van der Waals surface area contributed by atoms with Crippen molar-refractivity contribution in [2.24, 2.45) is 5.92 Å². The molecule has 4 nitrogen and oxygen atoms in total. The van der Waals surface area contributed by atoms with E-state index in [0.29, 0.717) is 0 Å². The van der Waals surface area contributed by atoms with Gasteiger partial charge in [0.25, 0.3) is 0 Å². The SMILES string of the molecule is Cc1cccc(C2C(C(=O)O)CC(=O)N2C2CC2)c1. The van der Waals surface area contributed by atoms with E-state index in [2.05, 4.69) is 0 Å². The molecule has 2 unspecified atom stereocenters. The number of carbonyl (C=O) groups excluding carboxylic acids is 1. The standard InChI is InChI=1S/C15H17NO3/c1-9-3-2-4-10(7-9)14-12(15(18)19)8-13(17)16(14)11-5-6-11/h2-4,7,11-12,14H,5-6,8H2,1H3,(H,18,19). The molecular formula is C15H17NO3. The lowest BCUT2D eigenvalue weighted by Crippen LogP contribution is -2.32. The minimum Gasteiger partial charge on any atom is -0.481 e. The van der Waals surface area contributed by atoms with E-state index in [1.165, 1.54) is 0 Å². The summed E-state index contributed by atoms with van der Waals surface area (Å²) in [6, 6.07) is 7.80. The molecule has 0 spiro atoms. The van der Waals surface area contributed by atoms with Crippen LogP contribution in [0.15, 0.2) is 24.3 Å². The molecule has 3 rings (SSSR count). The Hall–Kier alpha value is -1.84. The van der Waals surface area contributed by atoms with E-state index in [4.69, 9.17) is 0 Å². The highest BCUT2D eigenvalue weighted by atomic mass is 16.4. The van der Waals surface area contributed by atoms with Crippen molar-refractivity contribution in [3.05, 3.63) is 35.4 Å². The third kappa shape index (κ3) is 2.11. The van der Waals surface area contributed by atoms with Gasteiger partial charge in [0.05, 0.1) is 12.0 Å². The maximum atomic E-state index is 12.1. The molecule has 1 aliphatic carbocycles. The van der Waals surface area contributed by atoms with Crippen LogP contribution in [0.5, 0.6) is 0 Å². The summed E-state index contributed by atoms with van der Waals surface area (Å²) in [7, 11) is 0. The molecule has 0 bridgehead atoms. The Bertz CT molecular complexity index is 536. The van der Waals surface area contributed by atoms with Crippen molar-refractivity contribution >= 4 is 11.9 Å². The number of amides is 1. The number of carbonyl (C=O) groups is 2. The third-order valence-electron chi connectivity index (χ3n) is 4.00. The molecule has 1 saturated heterocycles. The van der Waals surface area contributed by atoms with Crippen molar-refractivity contribution in [1.82, 2.24) is 4.90 Å². The summed E-state index contributed by atoms with van der Waals surface area (Å²) in [6.45, 7) is 1.98. The van der Waals surface area contributed by atoms with Crippen LogP contribution in [0.4, 0.5) is 0 Å². The minimum atomic E-state index is -0.872. The van der Waals surface area contributed by atoms with Gasteiger partial charge in [0.15, 0.2) is 0 Å². The number of carboxylic acid groups (broad SMARTS) is 1. The number of benzene rings is 1. The fourth-order valence-electron chi connectivity index (χ4n) is 3.01. The van der Waals surface area contributed by atoms with E-state index < -0.39 is 11.9 Å². The fourth-order valence-corrected chi connectivity index (χ4v) is 3.01. The smallest absolute Gasteiger partial charge is 0.309 e. The Balaban J connectivity index is 2.01. The number of likely N-dealkylation sites (tertiary alicyclic amines) is 1. The Morgan fingerprint density at radius 2 is 2.11 bits per heavy atom. The van der Waals surface area contributed by atoms with Crippen LogP contribution in [-0.4, -0.2) is 27.9 Å². The predicted octanol–water partition coefficient (Wildman–Crippen LogP) is 2.13. The number of carboxylic acids is 1. The van der Waals surface area contributed by atoms with Crippen LogP contribution in [0.2, 0.25) is 0 Å². The molecule has 1 heterocycles. The van der Waals surface area contributed by atoms with Crippen molar-refractivity contribution in [2.45, 2.75) is 38.3 Å². The number of hydrogen-bond donors (Lipinski definition) is 1. The average molecular weight is 259 g/mol. The van der Waals surface area contributed by atoms with Crippen LogP contribution in [0, 0.1) is 12.8 Å². The van der Waals surface area contributed by atoms with Gasteiger partial charge in [-0.2, -0.15) is 0 Å². The number of aliphatic carboxylic acids is 1. The van der Waals surface area contributed by atoms with Crippen LogP contribution < -0.4 is 0 Å². The van der Waals surface area contributed by atoms with Crippen molar-refractivity contribution in [1.29, 1.82) is 0 Å². The summed E-state index contributed by atoms with van der Waals surface area (Å²) in [5.41, 5.74) is 2.04. The van der Waals surface area contributed by atoms with Crippen LogP contribution in [0.3, 0.4) is 0 Å². The number of hydrogen-bond acceptors (Lipinski definition) is 2. The summed E-state index contributed by atoms with van der Waals surface area (Å²) in [5, 5.41) is 9.37. The summed E-state index contributed by atoms with van der Waals surface area (Å²) < 4.78 is 0. The molecule has 1 amide bonds. The Labute approximate surface area is 112 Å². The van der Waals surface area contributed by atoms with Gasteiger partial charge >= 0.3 is 5.97 Å². The number of rotatable bonds is 3. The molecule has 1 aromatic carbocycles. The second kappa shape index (κ2) is 4.37. The molecular weight excluding hydrogens is 242 g/mol. The lowest BCUT2D eigenvalue weighted by atomic mass is 9.93. The normalized spacial score (nSPS) is 26.8. The zero-order valence-electron chi connectivity index (χ0n) is 10.9. The van der Waals surface area contributed by atoms with Gasteiger partial charge < -0.3 is 10.0 Å². The van der Waals surface area contributed by atoms with Gasteiger partial charge in [-0.25, -0.2) is 0 Å². The molecule has 1 aromatic rings. The van der Waals surface area contributed by atoms with Gasteiger partial charge in [-0.05, 0) is 25.3 Å². The molecule has 2 atom stereocenters. The van der Waals surface area contributed by atoms with E-state index in [1.807, 2.05) is 36.1 Å². The van der Waals surface area contributed by atoms with E-state index in [9.17, 15) is 14.7 Å². The van der Waals surface area contributed by atoms with E-state index in [-0.39, 0.29) is 24.4 Å². The fraction of sp³-hybridized carbons (Fsp3) is 0.467. The highest BCUT2D eigenvalue weighted by Crippen LogP contribution is 2.45. The molecule has 19 heavy (non-hydrogen) atoms. The molecule has 2 aliphatic rings. The second-order valence-corrected chi connectivity index (χ2v) is 5.54. The number of nitrogens with zero attached hydrogens (tertiary/aromatic N) is 1. The molecule has 1 N–H and O–H groups in total. The quantitative estimate of drug-likeness (QED) is 0.904. The first-order valence-electron chi connectivity index (χ1n) is 6.68. The zero-order valence-corrected chi connectivity index (χ0v) is 10.9. The van der Waals surface area contributed by atoms with Gasteiger partial charge in [-0.15, -0.1) is 0 Å². The maximum Gasteiger partial charge on any atom is 0.309 e. The van der Waals surface area contributed by atoms with Crippen molar-refractivity contribution in [3.8, 4) is 0 Å². The predicted molar refractivity (Wildman–Crippen MR) is 69.5 cm³/mol. The van der Waals surface area contributed by atoms with Gasteiger partial charge in [-0.1, -0.05) is 29.8 Å². The first kappa shape index (κ1) is 12.2. The van der Waals surface area contributed by atoms with Crippen LogP contribution in [-0.2, 0) is 9.59 Å².